The molecule has 0 spiro atoms. The van der Waals surface area contributed by atoms with Crippen LogP contribution in [0.15, 0.2) is 9.68 Å². The number of H-pyrrole nitrogens is 1. The van der Waals surface area contributed by atoms with Gasteiger partial charge in [0.15, 0.2) is 5.82 Å². The number of amides is 1. The van der Waals surface area contributed by atoms with E-state index in [4.69, 9.17) is 4.52 Å². The fourth-order valence-electron chi connectivity index (χ4n) is 2.65. The third kappa shape index (κ3) is 3.61. The van der Waals surface area contributed by atoms with E-state index in [-0.39, 0.29) is 17.9 Å². The van der Waals surface area contributed by atoms with Gasteiger partial charge in [-0.15, -0.1) is 5.10 Å². The predicted octanol–water partition coefficient (Wildman–Crippen LogP) is 2.33. The van der Waals surface area contributed by atoms with Crippen LogP contribution in [-0.4, -0.2) is 48.4 Å². The first kappa shape index (κ1) is 16.9. The molecule has 0 bridgehead atoms. The number of nitrogens with one attached hydrogen (secondary N) is 1. The largest absolute Gasteiger partial charge is 0.337 e. The number of carbonyl (C=O) groups is 1. The zero-order valence-electron chi connectivity index (χ0n) is 14.2. The molecule has 0 saturated carbocycles. The second-order valence-electron chi connectivity index (χ2n) is 6.10. The molecule has 9 heteroatoms. The van der Waals surface area contributed by atoms with Crippen LogP contribution in [0.5, 0.6) is 0 Å². The number of hydrogen-bond acceptors (Lipinski definition) is 7. The van der Waals surface area contributed by atoms with Crippen LogP contribution in [0.25, 0.3) is 0 Å². The number of nitrogens with zero attached hydrogens (tertiary/aromatic N) is 5. The summed E-state index contributed by atoms with van der Waals surface area (Å²) in [5.74, 6) is 2.63. The van der Waals surface area contributed by atoms with Gasteiger partial charge in [-0.2, -0.15) is 4.98 Å². The maximum atomic E-state index is 12.6. The van der Waals surface area contributed by atoms with Crippen LogP contribution in [0.2, 0.25) is 0 Å². The van der Waals surface area contributed by atoms with Crippen molar-refractivity contribution in [3.63, 3.8) is 0 Å². The Labute approximate surface area is 144 Å². The van der Waals surface area contributed by atoms with Crippen molar-refractivity contribution in [2.24, 2.45) is 0 Å². The van der Waals surface area contributed by atoms with Gasteiger partial charge in [0.05, 0.1) is 5.75 Å². The maximum absolute atomic E-state index is 12.6. The highest BCUT2D eigenvalue weighted by molar-refractivity contribution is 7.99. The topological polar surface area (TPSA) is 101 Å². The van der Waals surface area contributed by atoms with E-state index in [1.807, 2.05) is 25.7 Å². The summed E-state index contributed by atoms with van der Waals surface area (Å²) in [6.07, 6.45) is 2.60. The molecular formula is C15H22N6O2S. The molecule has 2 aromatic rings. The van der Waals surface area contributed by atoms with Gasteiger partial charge in [0, 0.05) is 18.9 Å². The Morgan fingerprint density at radius 3 is 2.96 bits per heavy atom. The molecule has 1 N–H and O–H groups in total. The lowest BCUT2D eigenvalue weighted by Gasteiger charge is -2.21. The monoisotopic (exact) mass is 350 g/mol. The Morgan fingerprint density at radius 1 is 1.46 bits per heavy atom. The molecule has 1 aliphatic heterocycles. The number of aryl methyl sites for hydroxylation is 1. The van der Waals surface area contributed by atoms with Gasteiger partial charge >= 0.3 is 0 Å². The van der Waals surface area contributed by atoms with Crippen molar-refractivity contribution < 1.29 is 9.32 Å². The maximum Gasteiger partial charge on any atom is 0.249 e. The smallest absolute Gasteiger partial charge is 0.249 e. The molecule has 0 radical (unpaired) electrons. The molecule has 130 valence electrons. The van der Waals surface area contributed by atoms with Crippen molar-refractivity contribution in [2.45, 2.75) is 57.1 Å². The molecule has 2 aromatic heterocycles. The number of likely N-dealkylation sites (tertiary alicyclic amines) is 1. The summed E-state index contributed by atoms with van der Waals surface area (Å²) in [5.41, 5.74) is 0. The van der Waals surface area contributed by atoms with Crippen LogP contribution in [0.1, 0.15) is 63.1 Å². The van der Waals surface area contributed by atoms with Crippen molar-refractivity contribution in [3.05, 3.63) is 17.5 Å². The number of aromatic nitrogens is 5. The van der Waals surface area contributed by atoms with Gasteiger partial charge in [0.2, 0.25) is 17.0 Å². The third-order valence-corrected chi connectivity index (χ3v) is 4.83. The summed E-state index contributed by atoms with van der Waals surface area (Å²) in [6.45, 7) is 6.76. The minimum Gasteiger partial charge on any atom is -0.337 e. The van der Waals surface area contributed by atoms with E-state index in [2.05, 4.69) is 25.3 Å². The summed E-state index contributed by atoms with van der Waals surface area (Å²) in [4.78, 5) is 23.2. The lowest BCUT2D eigenvalue weighted by atomic mass is 10.2. The summed E-state index contributed by atoms with van der Waals surface area (Å²) < 4.78 is 5.38. The summed E-state index contributed by atoms with van der Waals surface area (Å²) in [7, 11) is 0. The SMILES string of the molecule is CCc1nc(SCC(=O)N2CCC[C@@H]2c2nc(C(C)C)no2)n[nH]1. The van der Waals surface area contributed by atoms with Gasteiger partial charge in [-0.1, -0.05) is 37.7 Å². The minimum absolute atomic E-state index is 0.0506. The quantitative estimate of drug-likeness (QED) is 0.798. The predicted molar refractivity (Wildman–Crippen MR) is 88.6 cm³/mol. The molecule has 3 heterocycles. The fraction of sp³-hybridized carbons (Fsp3) is 0.667. The standard InChI is InChI=1S/C15H22N6O2S/c1-4-11-16-15(19-18-11)24-8-12(22)21-7-5-6-10(21)14-17-13(9(2)3)20-23-14/h9-10H,4-8H2,1-3H3,(H,16,18,19)/t10-/m1/s1. The van der Waals surface area contributed by atoms with Gasteiger partial charge < -0.3 is 9.42 Å². The minimum atomic E-state index is -0.114. The Kier molecular flexibility index (Phi) is 5.17. The Balaban J connectivity index is 1.62. The lowest BCUT2D eigenvalue weighted by Crippen LogP contribution is -2.32. The molecule has 0 unspecified atom stereocenters. The normalized spacial score (nSPS) is 17.8. The molecular weight excluding hydrogens is 328 g/mol. The molecule has 1 fully saturated rings. The van der Waals surface area contributed by atoms with Gasteiger partial charge in [-0.3, -0.25) is 9.89 Å². The van der Waals surface area contributed by atoms with Crippen molar-refractivity contribution in [1.29, 1.82) is 0 Å². The van der Waals surface area contributed by atoms with Crippen LogP contribution in [-0.2, 0) is 11.2 Å². The molecule has 1 amide bonds. The first-order chi connectivity index (χ1) is 11.6. The number of aromatic amines is 1. The fourth-order valence-corrected chi connectivity index (χ4v) is 3.35. The number of rotatable bonds is 6. The van der Waals surface area contributed by atoms with E-state index in [9.17, 15) is 4.79 Å². The number of carbonyl (C=O) groups excluding carboxylic acids is 1. The highest BCUT2D eigenvalue weighted by Crippen LogP contribution is 2.32. The van der Waals surface area contributed by atoms with Crippen LogP contribution in [0.4, 0.5) is 0 Å². The van der Waals surface area contributed by atoms with Crippen LogP contribution < -0.4 is 0 Å². The second kappa shape index (κ2) is 7.33. The van der Waals surface area contributed by atoms with Crippen molar-refractivity contribution in [2.75, 3.05) is 12.3 Å². The van der Waals surface area contributed by atoms with Gasteiger partial charge in [-0.25, -0.2) is 4.98 Å². The zero-order chi connectivity index (χ0) is 17.1. The summed E-state index contributed by atoms with van der Waals surface area (Å²) in [5, 5.41) is 11.6. The Morgan fingerprint density at radius 2 is 2.29 bits per heavy atom. The molecule has 1 atom stereocenters. The van der Waals surface area contributed by atoms with E-state index in [0.29, 0.717) is 22.6 Å². The molecule has 0 aliphatic carbocycles. The molecule has 8 nitrogen and oxygen atoms in total. The third-order valence-electron chi connectivity index (χ3n) is 4.00. The van der Waals surface area contributed by atoms with Gasteiger partial charge in [0.1, 0.15) is 11.9 Å². The van der Waals surface area contributed by atoms with Crippen molar-refractivity contribution in [1.82, 2.24) is 30.2 Å². The summed E-state index contributed by atoms with van der Waals surface area (Å²) in [6, 6.07) is -0.114. The lowest BCUT2D eigenvalue weighted by molar-refractivity contribution is -0.129. The van der Waals surface area contributed by atoms with Gasteiger partial charge in [0.25, 0.3) is 0 Å². The van der Waals surface area contributed by atoms with E-state index >= 15 is 0 Å². The van der Waals surface area contributed by atoms with E-state index in [1.54, 1.807) is 0 Å². The highest BCUT2D eigenvalue weighted by Gasteiger charge is 2.34. The van der Waals surface area contributed by atoms with Crippen LogP contribution >= 0.6 is 11.8 Å². The second-order valence-corrected chi connectivity index (χ2v) is 7.04. The number of thioether (sulfide) groups is 1. The van der Waals surface area contributed by atoms with E-state index in [1.165, 1.54) is 11.8 Å². The Hall–Kier alpha value is -1.90. The van der Waals surface area contributed by atoms with Crippen molar-refractivity contribution in [3.8, 4) is 0 Å². The van der Waals surface area contributed by atoms with Gasteiger partial charge in [-0.05, 0) is 12.8 Å². The first-order valence-electron chi connectivity index (χ1n) is 8.25. The van der Waals surface area contributed by atoms with E-state index < -0.39 is 0 Å². The molecule has 1 aliphatic rings. The van der Waals surface area contributed by atoms with Crippen molar-refractivity contribution >= 4 is 17.7 Å². The number of hydrogen-bond donors (Lipinski definition) is 1. The average Bonchev–Trinajstić information content (AvgIpc) is 3.31. The average molecular weight is 350 g/mol. The molecule has 0 aromatic carbocycles. The Bertz CT molecular complexity index is 698. The molecule has 24 heavy (non-hydrogen) atoms. The molecule has 1 saturated heterocycles. The summed E-state index contributed by atoms with van der Waals surface area (Å²) >= 11 is 1.35. The van der Waals surface area contributed by atoms with E-state index in [0.717, 1.165) is 31.6 Å². The van der Waals surface area contributed by atoms with Crippen LogP contribution in [0, 0.1) is 0 Å². The highest BCUT2D eigenvalue weighted by atomic mass is 32.2. The first-order valence-corrected chi connectivity index (χ1v) is 9.24. The zero-order valence-corrected chi connectivity index (χ0v) is 15.0. The molecule has 3 rings (SSSR count). The van der Waals surface area contributed by atoms with Crippen LogP contribution in [0.3, 0.4) is 0 Å².